The smallest absolute Gasteiger partial charge is 0.306 e. The molecule has 0 spiro atoms. The number of fused-ring (bicyclic) bond motifs is 1. The van der Waals surface area contributed by atoms with Gasteiger partial charge in [0.1, 0.15) is 0 Å². The molecule has 3 rings (SSSR count). The second-order valence-electron chi connectivity index (χ2n) is 4.05. The van der Waals surface area contributed by atoms with Gasteiger partial charge in [-0.15, -0.1) is 0 Å². The number of H-pyrrole nitrogens is 1. The highest BCUT2D eigenvalue weighted by Gasteiger charge is 2.23. The van der Waals surface area contributed by atoms with Crippen LogP contribution in [-0.4, -0.2) is 9.55 Å². The number of benzene rings is 1. The Labute approximate surface area is 91.7 Å². The largest absolute Gasteiger partial charge is 0.326 e. The molecule has 15 heavy (non-hydrogen) atoms. The Morgan fingerprint density at radius 1 is 1.40 bits per heavy atom. The Morgan fingerprint density at radius 2 is 2.20 bits per heavy atom. The normalized spacial score (nSPS) is 16.9. The summed E-state index contributed by atoms with van der Waals surface area (Å²) in [6.45, 7) is 0. The van der Waals surface area contributed by atoms with Gasteiger partial charge in [0.2, 0.25) is 0 Å². The fourth-order valence-electron chi connectivity index (χ4n) is 2.10. The number of nitrogens with zero attached hydrogens (tertiary/aromatic N) is 1. The van der Waals surface area contributed by atoms with Crippen LogP contribution in [0.2, 0.25) is 5.02 Å². The summed E-state index contributed by atoms with van der Waals surface area (Å²) in [6, 6.07) is 5.87. The summed E-state index contributed by atoms with van der Waals surface area (Å²) in [5.41, 5.74) is 1.78. The van der Waals surface area contributed by atoms with Crippen LogP contribution in [0.4, 0.5) is 0 Å². The Hall–Kier alpha value is -1.22. The Morgan fingerprint density at radius 3 is 2.87 bits per heavy atom. The number of imidazole rings is 1. The van der Waals surface area contributed by atoms with E-state index in [0.717, 1.165) is 23.9 Å². The molecule has 4 heteroatoms. The predicted molar refractivity (Wildman–Crippen MR) is 60.5 cm³/mol. The van der Waals surface area contributed by atoms with Crippen LogP contribution < -0.4 is 5.69 Å². The molecule has 2 aromatic rings. The molecule has 0 radical (unpaired) electrons. The molecule has 0 atom stereocenters. The lowest BCUT2D eigenvalue weighted by Crippen LogP contribution is -2.26. The first-order valence-electron chi connectivity index (χ1n) is 5.15. The fourth-order valence-corrected chi connectivity index (χ4v) is 2.27. The van der Waals surface area contributed by atoms with Crippen molar-refractivity contribution in [1.29, 1.82) is 0 Å². The molecular formula is C11H11ClN2O. The minimum absolute atomic E-state index is 0.0167. The molecule has 1 aromatic heterocycles. The van der Waals surface area contributed by atoms with Gasteiger partial charge in [-0.1, -0.05) is 11.6 Å². The second-order valence-corrected chi connectivity index (χ2v) is 4.48. The van der Waals surface area contributed by atoms with Crippen molar-refractivity contribution >= 4 is 22.6 Å². The number of hydrogen-bond acceptors (Lipinski definition) is 1. The molecule has 0 bridgehead atoms. The number of hydrogen-bond donors (Lipinski definition) is 1. The zero-order valence-electron chi connectivity index (χ0n) is 8.16. The van der Waals surface area contributed by atoms with Gasteiger partial charge in [-0.05, 0) is 37.5 Å². The molecule has 1 aliphatic rings. The molecule has 1 aromatic carbocycles. The fraction of sp³-hybridized carbons (Fsp3) is 0.364. The highest BCUT2D eigenvalue weighted by Crippen LogP contribution is 2.32. The van der Waals surface area contributed by atoms with Crippen LogP contribution in [0.3, 0.4) is 0 Å². The number of nitrogens with one attached hydrogen (secondary N) is 1. The van der Waals surface area contributed by atoms with Crippen LogP contribution in [0.1, 0.15) is 25.3 Å². The highest BCUT2D eigenvalue weighted by atomic mass is 35.5. The summed E-state index contributed by atoms with van der Waals surface area (Å²) in [6.07, 6.45) is 3.41. The van der Waals surface area contributed by atoms with Crippen LogP contribution in [0.25, 0.3) is 11.0 Å². The molecule has 1 aliphatic carbocycles. The summed E-state index contributed by atoms with van der Waals surface area (Å²) >= 11 is 5.94. The standard InChI is InChI=1S/C11H11ClN2O/c12-7-4-5-9-10(6-7)14(11(15)13-9)8-2-1-3-8/h4-6,8H,1-3H2,(H,13,15). The van der Waals surface area contributed by atoms with E-state index in [9.17, 15) is 4.79 Å². The second kappa shape index (κ2) is 3.14. The average molecular weight is 223 g/mol. The molecule has 0 aliphatic heterocycles. The van der Waals surface area contributed by atoms with Crippen LogP contribution in [0, 0.1) is 0 Å². The minimum Gasteiger partial charge on any atom is -0.306 e. The van der Waals surface area contributed by atoms with Gasteiger partial charge in [-0.3, -0.25) is 4.57 Å². The summed E-state index contributed by atoms with van der Waals surface area (Å²) < 4.78 is 1.84. The maximum absolute atomic E-state index is 11.7. The van der Waals surface area contributed by atoms with E-state index in [0.29, 0.717) is 11.1 Å². The van der Waals surface area contributed by atoms with Crippen molar-refractivity contribution in [3.8, 4) is 0 Å². The van der Waals surface area contributed by atoms with Gasteiger partial charge < -0.3 is 4.98 Å². The van der Waals surface area contributed by atoms with Crippen LogP contribution >= 0.6 is 11.6 Å². The third kappa shape index (κ3) is 1.30. The molecule has 0 saturated heterocycles. The van der Waals surface area contributed by atoms with Gasteiger partial charge in [-0.2, -0.15) is 0 Å². The third-order valence-electron chi connectivity index (χ3n) is 3.12. The average Bonchev–Trinajstić information content (AvgIpc) is 2.42. The van der Waals surface area contributed by atoms with Crippen molar-refractivity contribution < 1.29 is 0 Å². The Bertz CT molecular complexity index is 565. The van der Waals surface area contributed by atoms with E-state index in [-0.39, 0.29) is 5.69 Å². The first-order valence-corrected chi connectivity index (χ1v) is 5.53. The van der Waals surface area contributed by atoms with Crippen molar-refractivity contribution in [2.75, 3.05) is 0 Å². The van der Waals surface area contributed by atoms with E-state index in [1.54, 1.807) is 6.07 Å². The first-order chi connectivity index (χ1) is 7.25. The summed E-state index contributed by atoms with van der Waals surface area (Å²) in [5.74, 6) is 0. The molecule has 1 fully saturated rings. The van der Waals surface area contributed by atoms with E-state index < -0.39 is 0 Å². The number of rotatable bonds is 1. The maximum Gasteiger partial charge on any atom is 0.326 e. The lowest BCUT2D eigenvalue weighted by molar-refractivity contribution is 0.314. The van der Waals surface area contributed by atoms with E-state index >= 15 is 0 Å². The SMILES string of the molecule is O=c1[nH]c2ccc(Cl)cc2n1C1CCC1. The van der Waals surface area contributed by atoms with Gasteiger partial charge in [0.25, 0.3) is 0 Å². The van der Waals surface area contributed by atoms with E-state index in [1.165, 1.54) is 6.42 Å². The zero-order chi connectivity index (χ0) is 10.4. The first kappa shape index (κ1) is 9.04. The molecule has 1 saturated carbocycles. The van der Waals surface area contributed by atoms with Crippen molar-refractivity contribution in [1.82, 2.24) is 9.55 Å². The van der Waals surface area contributed by atoms with E-state index in [1.807, 2.05) is 16.7 Å². The lowest BCUT2D eigenvalue weighted by atomic mass is 9.93. The van der Waals surface area contributed by atoms with Gasteiger partial charge in [0, 0.05) is 11.1 Å². The highest BCUT2D eigenvalue weighted by molar-refractivity contribution is 6.31. The van der Waals surface area contributed by atoms with Gasteiger partial charge in [-0.25, -0.2) is 4.79 Å². The topological polar surface area (TPSA) is 37.8 Å². The van der Waals surface area contributed by atoms with Crippen molar-refractivity contribution in [3.63, 3.8) is 0 Å². The van der Waals surface area contributed by atoms with Crippen molar-refractivity contribution in [3.05, 3.63) is 33.7 Å². The molecule has 78 valence electrons. The molecule has 1 heterocycles. The van der Waals surface area contributed by atoms with E-state index in [2.05, 4.69) is 4.98 Å². The Balaban J connectivity index is 2.29. The number of halogens is 1. The molecule has 1 N–H and O–H groups in total. The Kier molecular flexibility index (Phi) is 1.89. The minimum atomic E-state index is -0.0167. The quantitative estimate of drug-likeness (QED) is 0.792. The molecule has 0 amide bonds. The van der Waals surface area contributed by atoms with Gasteiger partial charge >= 0.3 is 5.69 Å². The molecular weight excluding hydrogens is 212 g/mol. The van der Waals surface area contributed by atoms with Crippen LogP contribution in [0.15, 0.2) is 23.0 Å². The monoisotopic (exact) mass is 222 g/mol. The molecule has 3 nitrogen and oxygen atoms in total. The van der Waals surface area contributed by atoms with E-state index in [4.69, 9.17) is 11.6 Å². The maximum atomic E-state index is 11.7. The molecule has 0 unspecified atom stereocenters. The summed E-state index contributed by atoms with van der Waals surface area (Å²) in [7, 11) is 0. The predicted octanol–water partition coefficient (Wildman–Crippen LogP) is 2.71. The lowest BCUT2D eigenvalue weighted by Gasteiger charge is -2.26. The summed E-state index contributed by atoms with van der Waals surface area (Å²) in [4.78, 5) is 14.6. The van der Waals surface area contributed by atoms with Crippen LogP contribution in [-0.2, 0) is 0 Å². The van der Waals surface area contributed by atoms with Crippen molar-refractivity contribution in [2.24, 2.45) is 0 Å². The summed E-state index contributed by atoms with van der Waals surface area (Å²) in [5, 5.41) is 0.676. The zero-order valence-corrected chi connectivity index (χ0v) is 8.92. The van der Waals surface area contributed by atoms with Gasteiger partial charge in [0.05, 0.1) is 11.0 Å². The van der Waals surface area contributed by atoms with Crippen LogP contribution in [0.5, 0.6) is 0 Å². The number of aromatic amines is 1. The third-order valence-corrected chi connectivity index (χ3v) is 3.35. The van der Waals surface area contributed by atoms with Gasteiger partial charge in [0.15, 0.2) is 0 Å². The van der Waals surface area contributed by atoms with Crippen molar-refractivity contribution in [2.45, 2.75) is 25.3 Å². The number of aromatic nitrogens is 2.